The molecule has 4 rings (SSSR count). The van der Waals surface area contributed by atoms with E-state index in [0.717, 1.165) is 16.8 Å². The Morgan fingerprint density at radius 3 is 2.55 bits per heavy atom. The molecule has 0 radical (unpaired) electrons. The van der Waals surface area contributed by atoms with Gasteiger partial charge in [0, 0.05) is 22.5 Å². The molecule has 2 aromatic carbocycles. The summed E-state index contributed by atoms with van der Waals surface area (Å²) in [7, 11) is 0. The van der Waals surface area contributed by atoms with E-state index in [1.807, 2.05) is 72.1 Å². The van der Waals surface area contributed by atoms with E-state index in [4.69, 9.17) is 11.6 Å². The van der Waals surface area contributed by atoms with E-state index in [1.54, 1.807) is 17.1 Å². The summed E-state index contributed by atoms with van der Waals surface area (Å²) in [6.07, 6.45) is 5.18. The number of amides is 1. The third kappa shape index (κ3) is 5.22. The molecule has 4 nitrogen and oxygen atoms in total. The molecule has 0 aliphatic carbocycles. The number of rotatable bonds is 6. The van der Waals surface area contributed by atoms with Gasteiger partial charge in [-0.1, -0.05) is 78.3 Å². The van der Waals surface area contributed by atoms with Crippen molar-refractivity contribution >= 4 is 57.0 Å². The van der Waals surface area contributed by atoms with Crippen molar-refractivity contribution in [2.75, 3.05) is 6.54 Å². The average molecular weight is 464 g/mol. The first-order valence-electron chi connectivity index (χ1n) is 9.48. The van der Waals surface area contributed by atoms with Gasteiger partial charge in [0.05, 0.1) is 10.6 Å². The monoisotopic (exact) mass is 463 g/mol. The van der Waals surface area contributed by atoms with Crippen molar-refractivity contribution in [3.8, 4) is 11.3 Å². The minimum atomic E-state index is -0.150. The summed E-state index contributed by atoms with van der Waals surface area (Å²) in [5, 5.41) is 3.59. The minimum absolute atomic E-state index is 0.150. The summed E-state index contributed by atoms with van der Waals surface area (Å²) in [6, 6.07) is 19.6. The summed E-state index contributed by atoms with van der Waals surface area (Å²) in [5.41, 5.74) is 2.86. The lowest BCUT2D eigenvalue weighted by Gasteiger charge is -2.11. The quantitative estimate of drug-likeness (QED) is 0.301. The number of aromatic nitrogens is 1. The van der Waals surface area contributed by atoms with E-state index in [9.17, 15) is 4.79 Å². The molecule has 0 spiro atoms. The van der Waals surface area contributed by atoms with Crippen LogP contribution in [0.1, 0.15) is 5.56 Å². The third-order valence-electron chi connectivity index (χ3n) is 4.33. The topological polar surface area (TPSA) is 45.6 Å². The molecule has 0 bridgehead atoms. The van der Waals surface area contributed by atoms with Gasteiger partial charge >= 0.3 is 0 Å². The molecule has 0 unspecified atom stereocenters. The maximum atomic E-state index is 12.9. The second kappa shape index (κ2) is 9.92. The van der Waals surface area contributed by atoms with Gasteiger partial charge in [-0.2, -0.15) is 4.99 Å². The van der Waals surface area contributed by atoms with Crippen LogP contribution in [0.15, 0.2) is 99.7 Å². The molecule has 1 aliphatic rings. The Labute approximate surface area is 194 Å². The molecule has 1 fully saturated rings. The van der Waals surface area contributed by atoms with E-state index in [0.29, 0.717) is 26.8 Å². The Bertz CT molecular complexity index is 1180. The molecule has 0 N–H and O–H groups in total. The third-order valence-corrected chi connectivity index (χ3v) is 6.29. The highest BCUT2D eigenvalue weighted by atomic mass is 35.5. The normalized spacial score (nSPS) is 17.0. The lowest BCUT2D eigenvalue weighted by Crippen LogP contribution is -2.29. The number of hydrogen-bond acceptors (Lipinski definition) is 5. The molecule has 31 heavy (non-hydrogen) atoms. The van der Waals surface area contributed by atoms with Crippen LogP contribution < -0.4 is 0 Å². The Kier molecular flexibility index (Phi) is 6.82. The van der Waals surface area contributed by atoms with Crippen molar-refractivity contribution in [3.05, 3.63) is 100 Å². The standard InChI is InChI=1S/C24H18ClN3OS2/c1-2-13-28-22(29)21(15-19(25)14-17-9-5-3-6-10-17)31-24(28)27-23-26-20(16-30-23)18-11-7-4-8-12-18/h2-12,14-16H,1,13H2/b19-14-,21-15-,27-24+. The van der Waals surface area contributed by atoms with Crippen LogP contribution in [-0.2, 0) is 4.79 Å². The lowest BCUT2D eigenvalue weighted by molar-refractivity contribution is -0.121. The number of hydrogen-bond donors (Lipinski definition) is 0. The van der Waals surface area contributed by atoms with Crippen molar-refractivity contribution in [3.63, 3.8) is 0 Å². The molecule has 1 aromatic heterocycles. The Balaban J connectivity index is 1.60. The van der Waals surface area contributed by atoms with Gasteiger partial charge in [0.2, 0.25) is 5.13 Å². The van der Waals surface area contributed by atoms with Crippen molar-refractivity contribution in [2.45, 2.75) is 0 Å². The summed E-state index contributed by atoms with van der Waals surface area (Å²) in [5.74, 6) is -0.150. The number of carbonyl (C=O) groups excluding carboxylic acids is 1. The van der Waals surface area contributed by atoms with Crippen molar-refractivity contribution < 1.29 is 4.79 Å². The van der Waals surface area contributed by atoms with Crippen molar-refractivity contribution in [1.82, 2.24) is 9.88 Å². The van der Waals surface area contributed by atoms with E-state index in [1.165, 1.54) is 23.1 Å². The predicted octanol–water partition coefficient (Wildman–Crippen LogP) is 6.72. The van der Waals surface area contributed by atoms with E-state index >= 15 is 0 Å². The summed E-state index contributed by atoms with van der Waals surface area (Å²) >= 11 is 9.12. The number of thioether (sulfide) groups is 1. The first-order valence-corrected chi connectivity index (χ1v) is 11.6. The molecule has 154 valence electrons. The van der Waals surface area contributed by atoms with Gasteiger partial charge in [-0.05, 0) is 29.5 Å². The molecular formula is C24H18ClN3OS2. The second-order valence-electron chi connectivity index (χ2n) is 6.53. The van der Waals surface area contributed by atoms with Crippen LogP contribution in [0, 0.1) is 0 Å². The van der Waals surface area contributed by atoms with Crippen LogP contribution in [0.2, 0.25) is 0 Å². The van der Waals surface area contributed by atoms with Crippen molar-refractivity contribution in [2.24, 2.45) is 4.99 Å². The predicted molar refractivity (Wildman–Crippen MR) is 133 cm³/mol. The van der Waals surface area contributed by atoms with Gasteiger partial charge in [-0.15, -0.1) is 17.9 Å². The second-order valence-corrected chi connectivity index (χ2v) is 8.81. The SMILES string of the molecule is C=CCN1C(=O)/C(=C/C(Cl)=C/c2ccccc2)S/C1=N/c1nc(-c2ccccc2)cs1. The number of allylic oxidation sites excluding steroid dienone is 2. The fourth-order valence-electron chi connectivity index (χ4n) is 2.90. The van der Waals surface area contributed by atoms with Gasteiger partial charge in [0.15, 0.2) is 5.17 Å². The van der Waals surface area contributed by atoms with Gasteiger partial charge in [-0.3, -0.25) is 9.69 Å². The smallest absolute Gasteiger partial charge is 0.267 e. The van der Waals surface area contributed by atoms with Crippen LogP contribution >= 0.6 is 34.7 Å². The molecule has 3 aromatic rings. The van der Waals surface area contributed by atoms with Crippen molar-refractivity contribution in [1.29, 1.82) is 0 Å². The highest BCUT2D eigenvalue weighted by molar-refractivity contribution is 8.18. The van der Waals surface area contributed by atoms with Gasteiger partial charge in [-0.25, -0.2) is 4.98 Å². The number of halogens is 1. The zero-order valence-electron chi connectivity index (χ0n) is 16.4. The zero-order valence-corrected chi connectivity index (χ0v) is 18.8. The highest BCUT2D eigenvalue weighted by Gasteiger charge is 2.33. The number of thiazole rings is 1. The maximum absolute atomic E-state index is 12.9. The first kappa shape index (κ1) is 21.3. The van der Waals surface area contributed by atoms with E-state index in [2.05, 4.69) is 16.6 Å². The fourth-order valence-corrected chi connectivity index (χ4v) is 4.93. The van der Waals surface area contributed by atoms with Gasteiger partial charge < -0.3 is 0 Å². The minimum Gasteiger partial charge on any atom is -0.282 e. The van der Waals surface area contributed by atoms with Crippen LogP contribution in [0.3, 0.4) is 0 Å². The first-order chi connectivity index (χ1) is 15.1. The average Bonchev–Trinajstić information content (AvgIpc) is 3.36. The van der Waals surface area contributed by atoms with E-state index < -0.39 is 0 Å². The molecule has 1 aliphatic heterocycles. The van der Waals surface area contributed by atoms with Crippen LogP contribution in [0.25, 0.3) is 17.3 Å². The Morgan fingerprint density at radius 1 is 1.13 bits per heavy atom. The van der Waals surface area contributed by atoms with Crippen LogP contribution in [-0.4, -0.2) is 27.5 Å². The number of nitrogens with zero attached hydrogens (tertiary/aromatic N) is 3. The van der Waals surface area contributed by atoms with Gasteiger partial charge in [0.25, 0.3) is 5.91 Å². The lowest BCUT2D eigenvalue weighted by atomic mass is 10.2. The number of carbonyl (C=O) groups is 1. The molecule has 7 heteroatoms. The maximum Gasteiger partial charge on any atom is 0.267 e. The molecule has 1 amide bonds. The Hall–Kier alpha value is -2.93. The van der Waals surface area contributed by atoms with E-state index in [-0.39, 0.29) is 5.91 Å². The number of aliphatic imine (C=N–C) groups is 1. The molecule has 0 atom stereocenters. The highest BCUT2D eigenvalue weighted by Crippen LogP contribution is 2.35. The zero-order chi connectivity index (χ0) is 21.6. The van der Waals surface area contributed by atoms with Crippen LogP contribution in [0.4, 0.5) is 5.13 Å². The molecule has 1 saturated heterocycles. The number of benzene rings is 2. The largest absolute Gasteiger partial charge is 0.282 e. The van der Waals surface area contributed by atoms with Gasteiger partial charge in [0.1, 0.15) is 0 Å². The number of amidine groups is 1. The summed E-state index contributed by atoms with van der Waals surface area (Å²) in [6.45, 7) is 4.12. The molecule has 2 heterocycles. The fraction of sp³-hybridized carbons (Fsp3) is 0.0417. The molecular weight excluding hydrogens is 446 g/mol. The summed E-state index contributed by atoms with van der Waals surface area (Å²) < 4.78 is 0. The van der Waals surface area contributed by atoms with Crippen LogP contribution in [0.5, 0.6) is 0 Å². The molecule has 0 saturated carbocycles. The summed E-state index contributed by atoms with van der Waals surface area (Å²) in [4.78, 5) is 24.3. The Morgan fingerprint density at radius 2 is 1.84 bits per heavy atom.